The molecule has 0 radical (unpaired) electrons. The van der Waals surface area contributed by atoms with Crippen LogP contribution in [0.25, 0.3) is 10.4 Å². The van der Waals surface area contributed by atoms with Crippen LogP contribution >= 0.6 is 21.6 Å². The molecule has 6 heteroatoms. The number of thiophene rings is 1. The third kappa shape index (κ3) is 5.15. The third-order valence-electron chi connectivity index (χ3n) is 6.13. The van der Waals surface area contributed by atoms with Gasteiger partial charge in [-0.05, 0) is 85.2 Å². The van der Waals surface area contributed by atoms with Crippen LogP contribution in [0.15, 0.2) is 134 Å². The van der Waals surface area contributed by atoms with Gasteiger partial charge in [0.25, 0.3) is 0 Å². The summed E-state index contributed by atoms with van der Waals surface area (Å²) in [5.41, 5.74) is 4.26. The van der Waals surface area contributed by atoms with Crippen LogP contribution in [-0.4, -0.2) is 8.42 Å². The Hall–Kier alpha value is -3.16. The van der Waals surface area contributed by atoms with Gasteiger partial charge in [-0.1, -0.05) is 83.4 Å². The van der Waals surface area contributed by atoms with Gasteiger partial charge in [0.1, 0.15) is 0 Å². The maximum atomic E-state index is 13.9. The first kappa shape index (κ1) is 25.5. The summed E-state index contributed by atoms with van der Waals surface area (Å²) in [6.45, 7) is 5.98. The zero-order valence-electron chi connectivity index (χ0n) is 20.9. The SMILES string of the molecule is Cc1ccc(S(OS(=O)(=O)c2ccc(C)cc2)(c2ccc(C)cc2)c2ccc(-c3ccccc3)s2)cc1. The lowest BCUT2D eigenvalue weighted by molar-refractivity contribution is 0.509. The van der Waals surface area contributed by atoms with Crippen LogP contribution in [-0.2, 0) is 13.7 Å². The Balaban J connectivity index is 1.77. The largest absolute Gasteiger partial charge is 0.307 e. The molecule has 0 aliphatic rings. The molecule has 0 aliphatic heterocycles. The van der Waals surface area contributed by atoms with Gasteiger partial charge in [0.15, 0.2) is 0 Å². The molecular weight excluding hydrogens is 517 g/mol. The van der Waals surface area contributed by atoms with Gasteiger partial charge in [0.05, 0.1) is 9.10 Å². The average molecular weight is 545 g/mol. The normalized spacial score (nSPS) is 12.4. The van der Waals surface area contributed by atoms with E-state index in [-0.39, 0.29) is 4.90 Å². The molecule has 1 aromatic heterocycles. The maximum absolute atomic E-state index is 13.9. The van der Waals surface area contributed by atoms with Crippen LogP contribution in [0.3, 0.4) is 0 Å². The van der Waals surface area contributed by atoms with Crippen molar-refractivity contribution in [2.75, 3.05) is 0 Å². The Morgan fingerprint density at radius 1 is 0.541 bits per heavy atom. The molecule has 0 unspecified atom stereocenters. The summed E-state index contributed by atoms with van der Waals surface area (Å²) in [5, 5.41) is 0. The summed E-state index contributed by atoms with van der Waals surface area (Å²) < 4.78 is 35.2. The molecule has 0 bridgehead atoms. The molecule has 1 heterocycles. The summed E-state index contributed by atoms with van der Waals surface area (Å²) in [6.07, 6.45) is 0. The molecule has 188 valence electrons. The van der Waals surface area contributed by atoms with Gasteiger partial charge in [0.2, 0.25) is 0 Å². The highest BCUT2D eigenvalue weighted by atomic mass is 32.3. The summed E-state index contributed by atoms with van der Waals surface area (Å²) in [5.74, 6) is 0. The molecule has 0 amide bonds. The van der Waals surface area contributed by atoms with E-state index < -0.39 is 20.4 Å². The number of hydrogen-bond acceptors (Lipinski definition) is 4. The third-order valence-corrected chi connectivity index (χ3v) is 13.0. The van der Waals surface area contributed by atoms with Crippen molar-refractivity contribution >= 4 is 31.8 Å². The quantitative estimate of drug-likeness (QED) is 0.205. The highest BCUT2D eigenvalue weighted by Gasteiger charge is 2.39. The zero-order chi connectivity index (χ0) is 26.0. The van der Waals surface area contributed by atoms with Gasteiger partial charge >= 0.3 is 10.1 Å². The average Bonchev–Trinajstić information content (AvgIpc) is 3.40. The van der Waals surface area contributed by atoms with E-state index in [1.807, 2.05) is 93.6 Å². The predicted molar refractivity (Wildman–Crippen MR) is 154 cm³/mol. The topological polar surface area (TPSA) is 43.4 Å². The highest BCUT2D eigenvalue weighted by molar-refractivity contribution is 8.34. The van der Waals surface area contributed by atoms with Gasteiger partial charge in [0, 0.05) is 14.7 Å². The highest BCUT2D eigenvalue weighted by Crippen LogP contribution is 2.72. The van der Waals surface area contributed by atoms with E-state index in [4.69, 9.17) is 3.63 Å². The molecule has 5 aromatic rings. The molecule has 0 atom stereocenters. The second-order valence-corrected chi connectivity index (χ2v) is 14.8. The van der Waals surface area contributed by atoms with Crippen molar-refractivity contribution in [3.8, 4) is 10.4 Å². The summed E-state index contributed by atoms with van der Waals surface area (Å²) in [6, 6.07) is 37.1. The first-order valence-electron chi connectivity index (χ1n) is 11.9. The van der Waals surface area contributed by atoms with E-state index in [9.17, 15) is 8.42 Å². The van der Waals surface area contributed by atoms with E-state index >= 15 is 0 Å². The molecule has 0 spiro atoms. The number of benzene rings is 4. The van der Waals surface area contributed by atoms with E-state index in [0.717, 1.165) is 41.1 Å². The maximum Gasteiger partial charge on any atom is 0.307 e. The standard InChI is InChI=1S/C31H28O3S3/c1-23-9-15-27(16-10-23)36(28-17-11-24(2)12-18-28,34-37(32,33)29-19-13-25(3)14-20-29)31-22-21-30(35-31)26-7-5-4-6-8-26/h4-22H,1-3H3. The van der Waals surface area contributed by atoms with Gasteiger partial charge in [-0.15, -0.1) is 11.3 Å². The van der Waals surface area contributed by atoms with E-state index in [0.29, 0.717) is 0 Å². The molecular formula is C31H28O3S3. The first-order chi connectivity index (χ1) is 17.8. The molecule has 5 rings (SSSR count). The van der Waals surface area contributed by atoms with Crippen LogP contribution in [0, 0.1) is 20.8 Å². The minimum absolute atomic E-state index is 0.147. The Morgan fingerprint density at radius 2 is 1.00 bits per heavy atom. The fraction of sp³-hybridized carbons (Fsp3) is 0.0968. The van der Waals surface area contributed by atoms with Crippen molar-refractivity contribution in [2.24, 2.45) is 0 Å². The van der Waals surface area contributed by atoms with E-state index in [1.54, 1.807) is 35.6 Å². The van der Waals surface area contributed by atoms with E-state index in [1.165, 1.54) is 0 Å². The fourth-order valence-electron chi connectivity index (χ4n) is 4.05. The van der Waals surface area contributed by atoms with Crippen molar-refractivity contribution in [3.63, 3.8) is 0 Å². The minimum atomic E-state index is -4.11. The fourth-order valence-corrected chi connectivity index (χ4v) is 11.2. The number of hydrogen-bond donors (Lipinski definition) is 0. The second kappa shape index (κ2) is 10.3. The molecule has 37 heavy (non-hydrogen) atoms. The van der Waals surface area contributed by atoms with Crippen molar-refractivity contribution < 1.29 is 12.0 Å². The van der Waals surface area contributed by atoms with Crippen LogP contribution in [0.5, 0.6) is 0 Å². The van der Waals surface area contributed by atoms with Gasteiger partial charge in [-0.2, -0.15) is 8.42 Å². The van der Waals surface area contributed by atoms with Gasteiger partial charge in [-0.3, -0.25) is 0 Å². The van der Waals surface area contributed by atoms with Crippen LogP contribution in [0.1, 0.15) is 16.7 Å². The zero-order valence-corrected chi connectivity index (χ0v) is 23.4. The Bertz CT molecular complexity index is 1560. The Morgan fingerprint density at radius 3 is 1.49 bits per heavy atom. The predicted octanol–water partition coefficient (Wildman–Crippen LogP) is 8.94. The Labute approximate surface area is 225 Å². The second-order valence-electron chi connectivity index (χ2n) is 9.00. The smallest absolute Gasteiger partial charge is 0.202 e. The van der Waals surface area contributed by atoms with Crippen molar-refractivity contribution in [3.05, 3.63) is 132 Å². The molecule has 0 fully saturated rings. The van der Waals surface area contributed by atoms with Gasteiger partial charge in [-0.25, -0.2) is 3.63 Å². The van der Waals surface area contributed by atoms with Gasteiger partial charge < -0.3 is 0 Å². The minimum Gasteiger partial charge on any atom is -0.202 e. The summed E-state index contributed by atoms with van der Waals surface area (Å²) >= 11 is 1.58. The summed E-state index contributed by atoms with van der Waals surface area (Å²) in [4.78, 5) is 2.87. The van der Waals surface area contributed by atoms with Crippen LogP contribution in [0.4, 0.5) is 0 Å². The molecule has 0 saturated heterocycles. The first-order valence-corrected chi connectivity index (χ1v) is 15.7. The lowest BCUT2D eigenvalue weighted by Gasteiger charge is -2.38. The monoisotopic (exact) mass is 544 g/mol. The molecule has 0 saturated carbocycles. The lowest BCUT2D eigenvalue weighted by atomic mass is 10.2. The van der Waals surface area contributed by atoms with E-state index in [2.05, 4.69) is 18.2 Å². The Kier molecular flexibility index (Phi) is 7.10. The van der Waals surface area contributed by atoms with Crippen LogP contribution in [0.2, 0.25) is 0 Å². The van der Waals surface area contributed by atoms with Crippen molar-refractivity contribution in [2.45, 2.75) is 39.7 Å². The van der Waals surface area contributed by atoms with Crippen LogP contribution < -0.4 is 0 Å². The molecule has 0 aliphatic carbocycles. The summed E-state index contributed by atoms with van der Waals surface area (Å²) in [7, 11) is -6.75. The molecule has 4 aromatic carbocycles. The van der Waals surface area contributed by atoms with Crippen molar-refractivity contribution in [1.29, 1.82) is 0 Å². The number of rotatable bonds is 7. The number of aryl methyl sites for hydroxylation is 3. The molecule has 0 N–H and O–H groups in total. The molecule has 3 nitrogen and oxygen atoms in total. The van der Waals surface area contributed by atoms with Crippen molar-refractivity contribution in [1.82, 2.24) is 0 Å². The lowest BCUT2D eigenvalue weighted by Crippen LogP contribution is -2.14.